The van der Waals surface area contributed by atoms with Crippen molar-refractivity contribution in [1.29, 1.82) is 0 Å². The second-order valence-corrected chi connectivity index (χ2v) is 5.21. The summed E-state index contributed by atoms with van der Waals surface area (Å²) in [6.07, 6.45) is 8.27. The molecule has 0 spiro atoms. The summed E-state index contributed by atoms with van der Waals surface area (Å²) in [6, 6.07) is 0.0453. The van der Waals surface area contributed by atoms with Crippen LogP contribution in [-0.4, -0.2) is 36.5 Å². The number of aryl methyl sites for hydroxylation is 1. The molecule has 2 rings (SSSR count). The summed E-state index contributed by atoms with van der Waals surface area (Å²) in [5.41, 5.74) is 7.48. The van der Waals surface area contributed by atoms with Gasteiger partial charge in [0, 0.05) is 39.0 Å². The quantitative estimate of drug-likeness (QED) is 0.729. The molecule has 0 radical (unpaired) electrons. The topological polar surface area (TPSA) is 62.3 Å². The van der Waals surface area contributed by atoms with Gasteiger partial charge in [0.1, 0.15) is 0 Å². The molecule has 1 saturated heterocycles. The van der Waals surface area contributed by atoms with E-state index in [4.69, 9.17) is 15.2 Å². The van der Waals surface area contributed by atoms with E-state index < -0.39 is 0 Å². The number of hydrogen-bond acceptors (Lipinski definition) is 4. The second-order valence-electron chi connectivity index (χ2n) is 5.21. The minimum absolute atomic E-state index is 0.0453. The van der Waals surface area contributed by atoms with Gasteiger partial charge in [0.05, 0.1) is 24.7 Å². The molecule has 0 amide bonds. The molecule has 0 aromatic carbocycles. The van der Waals surface area contributed by atoms with Crippen LogP contribution in [0.25, 0.3) is 0 Å². The van der Waals surface area contributed by atoms with Crippen molar-refractivity contribution in [2.24, 2.45) is 11.7 Å². The van der Waals surface area contributed by atoms with Crippen LogP contribution >= 0.6 is 0 Å². The van der Waals surface area contributed by atoms with Crippen LogP contribution in [0.1, 0.15) is 37.4 Å². The van der Waals surface area contributed by atoms with Gasteiger partial charge in [-0.3, -0.25) is 0 Å². The summed E-state index contributed by atoms with van der Waals surface area (Å²) in [4.78, 5) is 4.25. The lowest BCUT2D eigenvalue weighted by Crippen LogP contribution is -2.24. The zero-order chi connectivity index (χ0) is 13.5. The van der Waals surface area contributed by atoms with E-state index >= 15 is 0 Å². The van der Waals surface area contributed by atoms with E-state index in [0.717, 1.165) is 51.3 Å². The third kappa shape index (κ3) is 4.03. The van der Waals surface area contributed by atoms with Crippen LogP contribution in [0.15, 0.2) is 12.5 Å². The maximum absolute atomic E-state index is 6.34. The van der Waals surface area contributed by atoms with Crippen LogP contribution in [-0.2, 0) is 16.0 Å². The second kappa shape index (κ2) is 7.62. The first-order valence-corrected chi connectivity index (χ1v) is 7.15. The zero-order valence-corrected chi connectivity index (χ0v) is 11.8. The van der Waals surface area contributed by atoms with Gasteiger partial charge in [0.2, 0.25) is 0 Å². The van der Waals surface area contributed by atoms with Gasteiger partial charge in [0.15, 0.2) is 0 Å². The highest BCUT2D eigenvalue weighted by molar-refractivity contribution is 5.07. The molecule has 108 valence electrons. The Balaban J connectivity index is 1.82. The van der Waals surface area contributed by atoms with Gasteiger partial charge in [-0.05, 0) is 25.7 Å². The SMILES string of the molecule is COCCCCCn1cncc1C(N)C1CCOC1. The first kappa shape index (κ1) is 14.5. The Morgan fingerprint density at radius 1 is 1.53 bits per heavy atom. The normalized spacial score (nSPS) is 20.8. The Bertz CT molecular complexity index is 361. The number of rotatable bonds is 8. The lowest BCUT2D eigenvalue weighted by atomic mass is 9.97. The van der Waals surface area contributed by atoms with Gasteiger partial charge < -0.3 is 19.8 Å². The Morgan fingerprint density at radius 3 is 3.16 bits per heavy atom. The van der Waals surface area contributed by atoms with Crippen molar-refractivity contribution in [1.82, 2.24) is 9.55 Å². The number of nitrogens with zero attached hydrogens (tertiary/aromatic N) is 2. The summed E-state index contributed by atoms with van der Waals surface area (Å²) in [5.74, 6) is 0.434. The molecule has 2 atom stereocenters. The monoisotopic (exact) mass is 267 g/mol. The molecule has 0 bridgehead atoms. The lowest BCUT2D eigenvalue weighted by molar-refractivity contribution is 0.180. The third-order valence-electron chi connectivity index (χ3n) is 3.81. The highest BCUT2D eigenvalue weighted by Gasteiger charge is 2.26. The van der Waals surface area contributed by atoms with Gasteiger partial charge in [0.25, 0.3) is 0 Å². The lowest BCUT2D eigenvalue weighted by Gasteiger charge is -2.19. The number of aromatic nitrogens is 2. The summed E-state index contributed by atoms with van der Waals surface area (Å²) in [7, 11) is 1.75. The summed E-state index contributed by atoms with van der Waals surface area (Å²) in [6.45, 7) is 3.44. The molecule has 19 heavy (non-hydrogen) atoms. The fourth-order valence-corrected chi connectivity index (χ4v) is 2.58. The van der Waals surface area contributed by atoms with E-state index in [2.05, 4.69) is 9.55 Å². The standard InChI is InChI=1S/C14H25N3O2/c1-18-7-4-2-3-6-17-11-16-9-13(17)14(15)12-5-8-19-10-12/h9,11-12,14H,2-8,10,15H2,1H3. The molecule has 2 unspecified atom stereocenters. The van der Waals surface area contributed by atoms with Crippen LogP contribution in [0.3, 0.4) is 0 Å². The van der Waals surface area contributed by atoms with Crippen molar-refractivity contribution < 1.29 is 9.47 Å². The number of imidazole rings is 1. The number of ether oxygens (including phenoxy) is 2. The predicted octanol–water partition coefficient (Wildman–Crippen LogP) is 1.74. The maximum atomic E-state index is 6.34. The van der Waals surface area contributed by atoms with Crippen LogP contribution < -0.4 is 5.73 Å². The molecule has 0 saturated carbocycles. The van der Waals surface area contributed by atoms with E-state index in [1.807, 2.05) is 12.5 Å². The van der Waals surface area contributed by atoms with Gasteiger partial charge in [-0.25, -0.2) is 4.98 Å². The van der Waals surface area contributed by atoms with Crippen LogP contribution in [0.5, 0.6) is 0 Å². The molecule has 1 aromatic heterocycles. The molecule has 2 N–H and O–H groups in total. The first-order chi connectivity index (χ1) is 9.33. The number of unbranched alkanes of at least 4 members (excludes halogenated alkanes) is 2. The van der Waals surface area contributed by atoms with Crippen molar-refractivity contribution in [3.05, 3.63) is 18.2 Å². The molecule has 1 aliphatic rings. The van der Waals surface area contributed by atoms with Gasteiger partial charge in [-0.15, -0.1) is 0 Å². The molecule has 5 heteroatoms. The fourth-order valence-electron chi connectivity index (χ4n) is 2.58. The molecule has 1 aromatic rings. The van der Waals surface area contributed by atoms with Crippen LogP contribution in [0.4, 0.5) is 0 Å². The zero-order valence-electron chi connectivity index (χ0n) is 11.8. The molecule has 5 nitrogen and oxygen atoms in total. The molecular formula is C14H25N3O2. The number of methoxy groups -OCH3 is 1. The molecular weight excluding hydrogens is 242 g/mol. The van der Waals surface area contributed by atoms with E-state index in [-0.39, 0.29) is 6.04 Å². The molecule has 1 aliphatic heterocycles. The Labute approximate surface area is 115 Å². The minimum Gasteiger partial charge on any atom is -0.385 e. The molecule has 1 fully saturated rings. The van der Waals surface area contributed by atoms with Crippen molar-refractivity contribution in [2.45, 2.75) is 38.3 Å². The maximum Gasteiger partial charge on any atom is 0.0948 e. The Hall–Kier alpha value is -0.910. The van der Waals surface area contributed by atoms with Crippen LogP contribution in [0.2, 0.25) is 0 Å². The minimum atomic E-state index is 0.0453. The molecule has 2 heterocycles. The average molecular weight is 267 g/mol. The largest absolute Gasteiger partial charge is 0.385 e. The average Bonchev–Trinajstić information content (AvgIpc) is 3.09. The Kier molecular flexibility index (Phi) is 5.82. The summed E-state index contributed by atoms with van der Waals surface area (Å²) in [5, 5.41) is 0. The predicted molar refractivity (Wildman–Crippen MR) is 73.8 cm³/mol. The summed E-state index contributed by atoms with van der Waals surface area (Å²) >= 11 is 0. The fraction of sp³-hybridized carbons (Fsp3) is 0.786. The van der Waals surface area contributed by atoms with E-state index in [0.29, 0.717) is 5.92 Å². The highest BCUT2D eigenvalue weighted by Crippen LogP contribution is 2.26. The summed E-state index contributed by atoms with van der Waals surface area (Å²) < 4.78 is 12.7. The smallest absolute Gasteiger partial charge is 0.0948 e. The molecule has 0 aliphatic carbocycles. The van der Waals surface area contributed by atoms with Gasteiger partial charge >= 0.3 is 0 Å². The van der Waals surface area contributed by atoms with E-state index in [1.54, 1.807) is 7.11 Å². The van der Waals surface area contributed by atoms with Gasteiger partial charge in [-0.2, -0.15) is 0 Å². The van der Waals surface area contributed by atoms with Crippen LogP contribution in [0, 0.1) is 5.92 Å². The van der Waals surface area contributed by atoms with Crippen molar-refractivity contribution >= 4 is 0 Å². The highest BCUT2D eigenvalue weighted by atomic mass is 16.5. The van der Waals surface area contributed by atoms with Crippen molar-refractivity contribution in [3.8, 4) is 0 Å². The van der Waals surface area contributed by atoms with Crippen molar-refractivity contribution in [2.75, 3.05) is 26.9 Å². The van der Waals surface area contributed by atoms with E-state index in [1.165, 1.54) is 6.42 Å². The van der Waals surface area contributed by atoms with E-state index in [9.17, 15) is 0 Å². The number of nitrogens with two attached hydrogens (primary N) is 1. The third-order valence-corrected chi connectivity index (χ3v) is 3.81. The first-order valence-electron chi connectivity index (χ1n) is 7.15. The van der Waals surface area contributed by atoms with Crippen molar-refractivity contribution in [3.63, 3.8) is 0 Å². The van der Waals surface area contributed by atoms with Gasteiger partial charge in [-0.1, -0.05) is 0 Å². The Morgan fingerprint density at radius 2 is 2.42 bits per heavy atom. The number of hydrogen-bond donors (Lipinski definition) is 1.